The second-order valence-electron chi connectivity index (χ2n) is 7.28. The van der Waals surface area contributed by atoms with Crippen LogP contribution >= 0.6 is 12.2 Å². The number of para-hydroxylation sites is 3. The molecule has 7 nitrogen and oxygen atoms in total. The molecule has 0 radical (unpaired) electrons. The third-order valence-electron chi connectivity index (χ3n) is 4.78. The first-order chi connectivity index (χ1) is 14.8. The van der Waals surface area contributed by atoms with E-state index in [4.69, 9.17) is 17.0 Å². The van der Waals surface area contributed by atoms with Crippen molar-refractivity contribution in [2.75, 3.05) is 22.6 Å². The highest BCUT2D eigenvalue weighted by atomic mass is 32.1. The maximum absolute atomic E-state index is 12.7. The number of nitrogens with one attached hydrogen (secondary N) is 4. The number of anilines is 3. The van der Waals surface area contributed by atoms with Crippen molar-refractivity contribution in [3.8, 4) is 0 Å². The van der Waals surface area contributed by atoms with Gasteiger partial charge in [-0.25, -0.2) is 9.79 Å². The minimum absolute atomic E-state index is 0.322. The van der Waals surface area contributed by atoms with E-state index in [0.29, 0.717) is 28.9 Å². The Hall–Kier alpha value is -3.39. The molecule has 8 heteroatoms. The van der Waals surface area contributed by atoms with Gasteiger partial charge in [0.05, 0.1) is 18.0 Å². The van der Waals surface area contributed by atoms with Crippen LogP contribution in [-0.4, -0.2) is 29.2 Å². The van der Waals surface area contributed by atoms with Crippen molar-refractivity contribution in [2.24, 2.45) is 4.99 Å². The van der Waals surface area contributed by atoms with Gasteiger partial charge in [0.2, 0.25) is 5.05 Å². The molecule has 0 saturated heterocycles. The second kappa shape index (κ2) is 9.61. The van der Waals surface area contributed by atoms with Crippen LogP contribution in [-0.2, 0) is 4.74 Å². The zero-order valence-corrected chi connectivity index (χ0v) is 18.9. The Morgan fingerprint density at radius 1 is 1.10 bits per heavy atom. The van der Waals surface area contributed by atoms with E-state index < -0.39 is 5.66 Å². The molecule has 1 atom stereocenters. The maximum atomic E-state index is 12.7. The number of nitrogens with zero attached hydrogens (tertiary/aromatic N) is 1. The first kappa shape index (κ1) is 22.3. The van der Waals surface area contributed by atoms with Crippen LogP contribution in [0.2, 0.25) is 0 Å². The minimum Gasteiger partial charge on any atom is -0.484 e. The molecule has 0 aromatic heterocycles. The van der Waals surface area contributed by atoms with Crippen molar-refractivity contribution in [3.63, 3.8) is 0 Å². The Balaban J connectivity index is 1.76. The zero-order chi connectivity index (χ0) is 22.4. The lowest BCUT2D eigenvalue weighted by Crippen LogP contribution is -2.48. The van der Waals surface area contributed by atoms with Crippen molar-refractivity contribution < 1.29 is 9.53 Å². The Labute approximate surface area is 188 Å². The first-order valence-corrected chi connectivity index (χ1v) is 10.4. The van der Waals surface area contributed by atoms with Crippen LogP contribution in [0.3, 0.4) is 0 Å². The van der Waals surface area contributed by atoms with E-state index >= 15 is 0 Å². The summed E-state index contributed by atoms with van der Waals surface area (Å²) in [6, 6.07) is 13.0. The SMILES string of the molecule is CCOC(=S)C1(C)N=C(Nc2ccccc2NC(=O)Nc2c(C)cccc2C)C=CN1. The molecule has 3 rings (SSSR count). The molecule has 31 heavy (non-hydrogen) atoms. The molecular formula is C23H27N5O2S. The minimum atomic E-state index is -0.857. The highest BCUT2D eigenvalue weighted by Gasteiger charge is 2.31. The van der Waals surface area contributed by atoms with E-state index in [1.54, 1.807) is 12.3 Å². The normalized spacial score (nSPS) is 17.2. The van der Waals surface area contributed by atoms with Gasteiger partial charge in [-0.3, -0.25) is 0 Å². The number of ether oxygens (including phenoxy) is 1. The van der Waals surface area contributed by atoms with Gasteiger partial charge in [0, 0.05) is 11.9 Å². The molecule has 2 amide bonds. The average Bonchev–Trinajstić information content (AvgIpc) is 2.72. The lowest BCUT2D eigenvalue weighted by atomic mass is 10.1. The van der Waals surface area contributed by atoms with Gasteiger partial charge < -0.3 is 26.0 Å². The van der Waals surface area contributed by atoms with Crippen molar-refractivity contribution in [3.05, 3.63) is 65.9 Å². The van der Waals surface area contributed by atoms with Gasteiger partial charge in [0.25, 0.3) is 0 Å². The number of aryl methyl sites for hydroxylation is 2. The van der Waals surface area contributed by atoms with Crippen molar-refractivity contribution in [1.82, 2.24) is 5.32 Å². The molecule has 0 spiro atoms. The summed E-state index contributed by atoms with van der Waals surface area (Å²) in [5, 5.41) is 12.6. The van der Waals surface area contributed by atoms with E-state index in [9.17, 15) is 4.79 Å². The number of hydrogen-bond donors (Lipinski definition) is 4. The highest BCUT2D eigenvalue weighted by Crippen LogP contribution is 2.24. The van der Waals surface area contributed by atoms with Crippen molar-refractivity contribution >= 4 is 46.2 Å². The number of rotatable bonds is 5. The molecule has 1 aliphatic rings. The smallest absolute Gasteiger partial charge is 0.323 e. The molecule has 2 aromatic rings. The summed E-state index contributed by atoms with van der Waals surface area (Å²) < 4.78 is 5.47. The number of carbonyl (C=O) groups excluding carboxylic acids is 1. The van der Waals surface area contributed by atoms with E-state index in [1.807, 2.05) is 70.2 Å². The molecule has 0 aliphatic carbocycles. The largest absolute Gasteiger partial charge is 0.484 e. The fourth-order valence-corrected chi connectivity index (χ4v) is 3.38. The van der Waals surface area contributed by atoms with Crippen LogP contribution in [0.1, 0.15) is 25.0 Å². The number of urea groups is 1. The van der Waals surface area contributed by atoms with Crippen LogP contribution < -0.4 is 21.3 Å². The summed E-state index contributed by atoms with van der Waals surface area (Å²) >= 11 is 5.35. The van der Waals surface area contributed by atoms with Gasteiger partial charge in [-0.2, -0.15) is 0 Å². The molecule has 1 heterocycles. The molecular weight excluding hydrogens is 410 g/mol. The summed E-state index contributed by atoms with van der Waals surface area (Å²) in [5.41, 5.74) is 3.27. The summed E-state index contributed by atoms with van der Waals surface area (Å²) in [6.07, 6.45) is 3.56. The van der Waals surface area contributed by atoms with E-state index in [0.717, 1.165) is 16.8 Å². The number of thiocarbonyl (C=S) groups is 1. The fourth-order valence-electron chi connectivity index (χ4n) is 3.16. The van der Waals surface area contributed by atoms with Crippen LogP contribution in [0.25, 0.3) is 0 Å². The van der Waals surface area contributed by atoms with Crippen LogP contribution in [0, 0.1) is 13.8 Å². The first-order valence-electron chi connectivity index (χ1n) is 10.0. The Morgan fingerprint density at radius 2 is 1.77 bits per heavy atom. The molecule has 4 N–H and O–H groups in total. The highest BCUT2D eigenvalue weighted by molar-refractivity contribution is 7.80. The molecule has 2 aromatic carbocycles. The van der Waals surface area contributed by atoms with Crippen LogP contribution in [0.4, 0.5) is 21.9 Å². The molecule has 0 fully saturated rings. The molecule has 0 saturated carbocycles. The Kier molecular flexibility index (Phi) is 6.91. The molecule has 162 valence electrons. The number of benzene rings is 2. The topological polar surface area (TPSA) is 86.8 Å². The van der Waals surface area contributed by atoms with Crippen LogP contribution in [0.5, 0.6) is 0 Å². The zero-order valence-electron chi connectivity index (χ0n) is 18.1. The monoisotopic (exact) mass is 437 g/mol. The number of amidine groups is 1. The van der Waals surface area contributed by atoms with E-state index in [-0.39, 0.29) is 6.03 Å². The van der Waals surface area contributed by atoms with Gasteiger partial charge in [-0.05, 0) is 69.2 Å². The van der Waals surface area contributed by atoms with E-state index in [1.165, 1.54) is 0 Å². The van der Waals surface area contributed by atoms with Gasteiger partial charge >= 0.3 is 6.03 Å². The van der Waals surface area contributed by atoms with Gasteiger partial charge in [-0.15, -0.1) is 0 Å². The van der Waals surface area contributed by atoms with Gasteiger partial charge in [0.1, 0.15) is 5.84 Å². The lowest BCUT2D eigenvalue weighted by Gasteiger charge is -2.29. The number of hydrogen-bond acceptors (Lipinski definition) is 6. The predicted octanol–water partition coefficient (Wildman–Crippen LogP) is 4.95. The average molecular weight is 438 g/mol. The predicted molar refractivity (Wildman–Crippen MR) is 131 cm³/mol. The summed E-state index contributed by atoms with van der Waals surface area (Å²) in [7, 11) is 0. The van der Waals surface area contributed by atoms with Crippen molar-refractivity contribution in [2.45, 2.75) is 33.4 Å². The van der Waals surface area contributed by atoms with Gasteiger partial charge in [0.15, 0.2) is 5.66 Å². The van der Waals surface area contributed by atoms with Gasteiger partial charge in [-0.1, -0.05) is 30.3 Å². The summed E-state index contributed by atoms with van der Waals surface area (Å²) in [6.45, 7) is 8.12. The van der Waals surface area contributed by atoms with Crippen molar-refractivity contribution in [1.29, 1.82) is 0 Å². The third-order valence-corrected chi connectivity index (χ3v) is 5.30. The maximum Gasteiger partial charge on any atom is 0.323 e. The number of amides is 2. The summed E-state index contributed by atoms with van der Waals surface area (Å²) in [5.74, 6) is 0.590. The standard InChI is InChI=1S/C23H27N5O2S/c1-5-30-21(31)23(4)24-14-13-19(28-23)25-17-11-6-7-12-18(17)26-22(29)27-20-15(2)9-8-10-16(20)3/h6-14,24H,5H2,1-4H3,(H,25,28)(H2,26,27,29). The Morgan fingerprint density at radius 3 is 2.45 bits per heavy atom. The number of carbonyl (C=O) groups is 1. The number of aliphatic imine (C=N–C) groups is 1. The quantitative estimate of drug-likeness (QED) is 0.497. The molecule has 1 aliphatic heterocycles. The summed E-state index contributed by atoms with van der Waals surface area (Å²) in [4.78, 5) is 17.3. The van der Waals surface area contributed by atoms with Crippen LogP contribution in [0.15, 0.2) is 59.7 Å². The Bertz CT molecular complexity index is 1030. The lowest BCUT2D eigenvalue weighted by molar-refractivity contribution is 0.262. The molecule has 1 unspecified atom stereocenters. The fraction of sp³-hybridized carbons (Fsp3) is 0.261. The third kappa shape index (κ3) is 5.40. The van der Waals surface area contributed by atoms with E-state index in [2.05, 4.69) is 26.3 Å². The second-order valence-corrected chi connectivity index (χ2v) is 7.65. The molecule has 0 bridgehead atoms.